The molecule has 0 aliphatic heterocycles. The standard InChI is InChI=1S/C22H25N7OS/c1-13(27-20(30)16-9-18-17(10-24-16)26-12-29(18)4)19-11-25-21(31-19)28-15-7-5-6-14(8-15)22(2,3)23/h5-13H,23H2,1-4H3,(H,25,28)(H,27,30). The fourth-order valence-corrected chi connectivity index (χ4v) is 4.00. The van der Waals surface area contributed by atoms with Crippen LogP contribution in [0, 0.1) is 0 Å². The Morgan fingerprint density at radius 1 is 1.19 bits per heavy atom. The molecule has 160 valence electrons. The van der Waals surface area contributed by atoms with Gasteiger partial charge in [-0.15, -0.1) is 0 Å². The molecule has 9 heteroatoms. The number of nitrogens with two attached hydrogens (primary N) is 1. The first kappa shape index (κ1) is 21.0. The van der Waals surface area contributed by atoms with E-state index in [0.717, 1.165) is 32.3 Å². The molecule has 1 aromatic carbocycles. The SMILES string of the molecule is CC(NC(=O)c1cc2c(cn1)ncn2C)c1cnc(Nc2cccc(C(C)(C)N)c2)s1. The van der Waals surface area contributed by atoms with Crippen LogP contribution in [0.5, 0.6) is 0 Å². The zero-order chi connectivity index (χ0) is 22.2. The van der Waals surface area contributed by atoms with Crippen molar-refractivity contribution in [1.29, 1.82) is 0 Å². The number of rotatable bonds is 6. The molecule has 1 atom stereocenters. The molecule has 8 nitrogen and oxygen atoms in total. The molecule has 4 N–H and O–H groups in total. The molecule has 0 aliphatic carbocycles. The van der Waals surface area contributed by atoms with Gasteiger partial charge >= 0.3 is 0 Å². The fourth-order valence-electron chi connectivity index (χ4n) is 3.16. The van der Waals surface area contributed by atoms with E-state index >= 15 is 0 Å². The van der Waals surface area contributed by atoms with E-state index in [2.05, 4.69) is 25.6 Å². The summed E-state index contributed by atoms with van der Waals surface area (Å²) in [4.78, 5) is 26.5. The van der Waals surface area contributed by atoms with Crippen molar-refractivity contribution in [2.45, 2.75) is 32.4 Å². The lowest BCUT2D eigenvalue weighted by atomic mass is 9.95. The molecule has 0 radical (unpaired) electrons. The number of anilines is 2. The molecule has 1 unspecified atom stereocenters. The molecule has 0 bridgehead atoms. The van der Waals surface area contributed by atoms with Gasteiger partial charge in [-0.25, -0.2) is 15.0 Å². The van der Waals surface area contributed by atoms with Gasteiger partial charge in [-0.2, -0.15) is 0 Å². The highest BCUT2D eigenvalue weighted by molar-refractivity contribution is 7.15. The first-order valence-corrected chi connectivity index (χ1v) is 10.7. The van der Waals surface area contributed by atoms with Gasteiger partial charge in [0, 0.05) is 29.3 Å². The van der Waals surface area contributed by atoms with E-state index in [-0.39, 0.29) is 11.9 Å². The number of aryl methyl sites for hydroxylation is 1. The molecule has 4 rings (SSSR count). The normalized spacial score (nSPS) is 12.7. The zero-order valence-corrected chi connectivity index (χ0v) is 18.7. The molecule has 31 heavy (non-hydrogen) atoms. The van der Waals surface area contributed by atoms with Crippen LogP contribution >= 0.6 is 11.3 Å². The maximum Gasteiger partial charge on any atom is 0.270 e. The van der Waals surface area contributed by atoms with Gasteiger partial charge in [0.05, 0.1) is 24.1 Å². The number of thiazole rings is 1. The third kappa shape index (κ3) is 4.57. The van der Waals surface area contributed by atoms with Crippen molar-refractivity contribution >= 4 is 39.1 Å². The van der Waals surface area contributed by atoms with E-state index in [1.54, 1.807) is 24.8 Å². The minimum absolute atomic E-state index is 0.209. The summed E-state index contributed by atoms with van der Waals surface area (Å²) in [6.45, 7) is 5.87. The predicted molar refractivity (Wildman–Crippen MR) is 123 cm³/mol. The van der Waals surface area contributed by atoms with Gasteiger partial charge in [0.1, 0.15) is 11.2 Å². The second-order valence-corrected chi connectivity index (χ2v) is 9.17. The van der Waals surface area contributed by atoms with E-state index in [1.165, 1.54) is 11.3 Å². The second-order valence-electron chi connectivity index (χ2n) is 8.10. The van der Waals surface area contributed by atoms with Crippen molar-refractivity contribution in [1.82, 2.24) is 24.8 Å². The van der Waals surface area contributed by atoms with Crippen LogP contribution in [0.25, 0.3) is 11.0 Å². The molecule has 0 fully saturated rings. The van der Waals surface area contributed by atoms with Crippen molar-refractivity contribution in [3.63, 3.8) is 0 Å². The number of hydrogen-bond acceptors (Lipinski definition) is 7. The van der Waals surface area contributed by atoms with Gasteiger partial charge < -0.3 is 20.9 Å². The van der Waals surface area contributed by atoms with E-state index in [0.29, 0.717) is 5.69 Å². The van der Waals surface area contributed by atoms with Crippen molar-refractivity contribution in [3.05, 3.63) is 65.2 Å². The summed E-state index contributed by atoms with van der Waals surface area (Å²) in [5.41, 5.74) is 9.70. The number of imidazole rings is 1. The molecule has 0 spiro atoms. The summed E-state index contributed by atoms with van der Waals surface area (Å²) >= 11 is 1.49. The molecule has 0 aliphatic rings. The predicted octanol–water partition coefficient (Wildman–Crippen LogP) is 3.85. The van der Waals surface area contributed by atoms with Crippen LogP contribution < -0.4 is 16.4 Å². The number of fused-ring (bicyclic) bond motifs is 1. The number of nitrogens with one attached hydrogen (secondary N) is 2. The maximum absolute atomic E-state index is 12.7. The van der Waals surface area contributed by atoms with Crippen molar-refractivity contribution < 1.29 is 4.79 Å². The van der Waals surface area contributed by atoms with Crippen LogP contribution in [0.15, 0.2) is 49.1 Å². The Labute approximate surface area is 184 Å². The minimum atomic E-state index is -0.420. The van der Waals surface area contributed by atoms with Crippen LogP contribution in [0.2, 0.25) is 0 Å². The van der Waals surface area contributed by atoms with Crippen LogP contribution in [0.3, 0.4) is 0 Å². The quantitative estimate of drug-likeness (QED) is 0.424. The molecular weight excluding hydrogens is 410 g/mol. The molecule has 0 saturated heterocycles. The number of hydrogen-bond donors (Lipinski definition) is 3. The Kier molecular flexibility index (Phi) is 5.47. The lowest BCUT2D eigenvalue weighted by Crippen LogP contribution is -2.28. The maximum atomic E-state index is 12.7. The number of nitrogens with zero attached hydrogens (tertiary/aromatic N) is 4. The van der Waals surface area contributed by atoms with Crippen LogP contribution in [0.1, 0.15) is 47.7 Å². The van der Waals surface area contributed by atoms with Crippen molar-refractivity contribution in [3.8, 4) is 0 Å². The number of benzene rings is 1. The van der Waals surface area contributed by atoms with Crippen LogP contribution in [-0.4, -0.2) is 25.4 Å². The van der Waals surface area contributed by atoms with Gasteiger partial charge in [0.15, 0.2) is 5.13 Å². The monoisotopic (exact) mass is 435 g/mol. The second kappa shape index (κ2) is 8.09. The van der Waals surface area contributed by atoms with Gasteiger partial charge in [-0.05, 0) is 44.5 Å². The number of carbonyl (C=O) groups excluding carboxylic acids is 1. The van der Waals surface area contributed by atoms with Gasteiger partial charge in [0.2, 0.25) is 0 Å². The van der Waals surface area contributed by atoms with Crippen molar-refractivity contribution in [2.24, 2.45) is 12.8 Å². The van der Waals surface area contributed by atoms with Crippen LogP contribution in [-0.2, 0) is 12.6 Å². The average molecular weight is 436 g/mol. The number of carbonyl (C=O) groups is 1. The molecule has 4 aromatic rings. The van der Waals surface area contributed by atoms with E-state index in [9.17, 15) is 4.79 Å². The highest BCUT2D eigenvalue weighted by Gasteiger charge is 2.17. The van der Waals surface area contributed by atoms with Crippen LogP contribution in [0.4, 0.5) is 10.8 Å². The molecule has 3 aromatic heterocycles. The topological polar surface area (TPSA) is 111 Å². The van der Waals surface area contributed by atoms with Gasteiger partial charge in [0.25, 0.3) is 5.91 Å². The summed E-state index contributed by atoms with van der Waals surface area (Å²) < 4.78 is 1.86. The first-order valence-electron chi connectivity index (χ1n) is 9.91. The number of pyridine rings is 1. The number of aromatic nitrogens is 4. The summed E-state index contributed by atoms with van der Waals surface area (Å²) in [5.74, 6) is -0.239. The average Bonchev–Trinajstić information content (AvgIpc) is 3.34. The smallest absolute Gasteiger partial charge is 0.270 e. The molecular formula is C22H25N7OS. The highest BCUT2D eigenvalue weighted by Crippen LogP contribution is 2.28. The summed E-state index contributed by atoms with van der Waals surface area (Å²) in [6, 6.07) is 9.51. The Morgan fingerprint density at radius 2 is 2.00 bits per heavy atom. The number of amides is 1. The fraction of sp³-hybridized carbons (Fsp3) is 0.273. The minimum Gasteiger partial charge on any atom is -0.343 e. The third-order valence-electron chi connectivity index (χ3n) is 5.00. The zero-order valence-electron chi connectivity index (χ0n) is 17.9. The van der Waals surface area contributed by atoms with E-state index in [1.807, 2.05) is 56.7 Å². The van der Waals surface area contributed by atoms with E-state index < -0.39 is 5.54 Å². The first-order chi connectivity index (χ1) is 14.7. The lowest BCUT2D eigenvalue weighted by Gasteiger charge is -2.19. The van der Waals surface area contributed by atoms with Gasteiger partial charge in [-0.1, -0.05) is 23.5 Å². The lowest BCUT2D eigenvalue weighted by molar-refractivity contribution is 0.0935. The van der Waals surface area contributed by atoms with Gasteiger partial charge in [-0.3, -0.25) is 4.79 Å². The summed E-state index contributed by atoms with van der Waals surface area (Å²) in [7, 11) is 1.88. The molecule has 0 saturated carbocycles. The Morgan fingerprint density at radius 3 is 2.77 bits per heavy atom. The summed E-state index contributed by atoms with van der Waals surface area (Å²) in [6.07, 6.45) is 5.08. The van der Waals surface area contributed by atoms with Crippen molar-refractivity contribution in [2.75, 3.05) is 5.32 Å². The molecule has 3 heterocycles. The summed E-state index contributed by atoms with van der Waals surface area (Å²) in [5, 5.41) is 7.05. The largest absolute Gasteiger partial charge is 0.343 e. The third-order valence-corrected chi connectivity index (χ3v) is 6.10. The Hall–Kier alpha value is -3.30. The Balaban J connectivity index is 1.44. The Bertz CT molecular complexity index is 1240. The molecule has 1 amide bonds. The highest BCUT2D eigenvalue weighted by atomic mass is 32.1. The van der Waals surface area contributed by atoms with E-state index in [4.69, 9.17) is 5.73 Å².